The molecule has 118 valence electrons. The first-order valence-corrected chi connectivity index (χ1v) is 7.14. The number of benzene rings is 1. The molecule has 22 heavy (non-hydrogen) atoms. The van der Waals surface area contributed by atoms with E-state index < -0.39 is 6.04 Å². The summed E-state index contributed by atoms with van der Waals surface area (Å²) in [5.74, 6) is 0.861. The van der Waals surface area contributed by atoms with Crippen molar-refractivity contribution in [3.63, 3.8) is 0 Å². The number of carbonyl (C=O) groups is 1. The number of hydrogen-bond donors (Lipinski definition) is 2. The van der Waals surface area contributed by atoms with Crippen LogP contribution >= 0.6 is 0 Å². The number of nitrogens with zero attached hydrogens (tertiary/aromatic N) is 1. The molecule has 2 aromatic rings. The summed E-state index contributed by atoms with van der Waals surface area (Å²) in [5.41, 5.74) is 0.878. The van der Waals surface area contributed by atoms with E-state index in [9.17, 15) is 4.79 Å². The van der Waals surface area contributed by atoms with Gasteiger partial charge in [0.25, 0.3) is 0 Å². The van der Waals surface area contributed by atoms with E-state index >= 15 is 0 Å². The lowest BCUT2D eigenvalue weighted by Gasteiger charge is -2.22. The van der Waals surface area contributed by atoms with Gasteiger partial charge < -0.3 is 14.6 Å². The Balaban J connectivity index is 2.14. The van der Waals surface area contributed by atoms with Gasteiger partial charge in [-0.1, -0.05) is 35.5 Å². The van der Waals surface area contributed by atoms with Crippen molar-refractivity contribution in [1.82, 2.24) is 10.5 Å². The second-order valence-corrected chi connectivity index (χ2v) is 5.18. The zero-order chi connectivity index (χ0) is 15.9. The van der Waals surface area contributed by atoms with Gasteiger partial charge in [-0.3, -0.25) is 10.1 Å². The average molecular weight is 303 g/mol. The largest absolute Gasteiger partial charge is 0.383 e. The number of methoxy groups -OCH3 is 1. The highest BCUT2D eigenvalue weighted by molar-refractivity contribution is 5.94. The Morgan fingerprint density at radius 2 is 2.09 bits per heavy atom. The second-order valence-electron chi connectivity index (χ2n) is 5.18. The number of ether oxygens (including phenoxy) is 1. The minimum atomic E-state index is -0.497. The number of nitrogens with one attached hydrogen (secondary N) is 2. The molecule has 0 unspecified atom stereocenters. The summed E-state index contributed by atoms with van der Waals surface area (Å²) in [7, 11) is 1.63. The summed E-state index contributed by atoms with van der Waals surface area (Å²) in [6.45, 7) is 4.25. The summed E-state index contributed by atoms with van der Waals surface area (Å²) in [6, 6.07) is 10.7. The molecule has 0 saturated heterocycles. The first-order valence-electron chi connectivity index (χ1n) is 7.14. The third-order valence-electron chi connectivity index (χ3n) is 3.14. The van der Waals surface area contributed by atoms with Crippen molar-refractivity contribution >= 4 is 11.7 Å². The molecule has 1 heterocycles. The fourth-order valence-electron chi connectivity index (χ4n) is 2.18. The predicted octanol–water partition coefficient (Wildman–Crippen LogP) is 2.29. The standard InChI is InChI=1S/C16H21N3O3/c1-11(10-21-3)17-15(13-7-5-4-6-8-13)16(20)18-14-9-12(2)22-19-14/h4-9,11,15,17H,10H2,1-3H3,(H,18,19,20)/t11-,15-/m1/s1. The van der Waals surface area contributed by atoms with Crippen LogP contribution in [0.5, 0.6) is 0 Å². The maximum Gasteiger partial charge on any atom is 0.247 e. The molecule has 6 heteroatoms. The Hall–Kier alpha value is -2.18. The van der Waals surface area contributed by atoms with Crippen LogP contribution in [0.1, 0.15) is 24.3 Å². The molecule has 0 fully saturated rings. The van der Waals surface area contributed by atoms with Crippen LogP contribution in [0, 0.1) is 6.92 Å². The van der Waals surface area contributed by atoms with Gasteiger partial charge in [-0.2, -0.15) is 0 Å². The molecular formula is C16H21N3O3. The van der Waals surface area contributed by atoms with Crippen molar-refractivity contribution < 1.29 is 14.1 Å². The monoisotopic (exact) mass is 303 g/mol. The van der Waals surface area contributed by atoms with Gasteiger partial charge in [0.15, 0.2) is 5.82 Å². The molecule has 2 N–H and O–H groups in total. The second kappa shape index (κ2) is 7.72. The van der Waals surface area contributed by atoms with Crippen LogP contribution in [0.3, 0.4) is 0 Å². The van der Waals surface area contributed by atoms with E-state index in [1.807, 2.05) is 37.3 Å². The van der Waals surface area contributed by atoms with E-state index in [0.717, 1.165) is 5.56 Å². The predicted molar refractivity (Wildman–Crippen MR) is 83.5 cm³/mol. The van der Waals surface area contributed by atoms with E-state index in [4.69, 9.17) is 9.26 Å². The number of hydrogen-bond acceptors (Lipinski definition) is 5. The highest BCUT2D eigenvalue weighted by Crippen LogP contribution is 2.17. The van der Waals surface area contributed by atoms with Crippen LogP contribution in [0.2, 0.25) is 0 Å². The number of aryl methyl sites for hydroxylation is 1. The van der Waals surface area contributed by atoms with Crippen molar-refractivity contribution in [2.24, 2.45) is 0 Å². The summed E-state index contributed by atoms with van der Waals surface area (Å²) in [4.78, 5) is 12.6. The molecule has 0 aliphatic heterocycles. The molecule has 0 bridgehead atoms. The molecule has 0 spiro atoms. The van der Waals surface area contributed by atoms with Crippen molar-refractivity contribution in [2.75, 3.05) is 19.0 Å². The first kappa shape index (κ1) is 16.2. The summed E-state index contributed by atoms with van der Waals surface area (Å²) in [6.07, 6.45) is 0. The minimum absolute atomic E-state index is 0.0278. The van der Waals surface area contributed by atoms with Crippen LogP contribution in [-0.2, 0) is 9.53 Å². The van der Waals surface area contributed by atoms with Crippen LogP contribution < -0.4 is 10.6 Å². The van der Waals surface area contributed by atoms with Crippen molar-refractivity contribution in [3.05, 3.63) is 47.7 Å². The van der Waals surface area contributed by atoms with Gasteiger partial charge in [-0.15, -0.1) is 0 Å². The number of rotatable bonds is 7. The van der Waals surface area contributed by atoms with Gasteiger partial charge in [0, 0.05) is 19.2 Å². The third kappa shape index (κ3) is 4.41. The molecule has 0 saturated carbocycles. The van der Waals surface area contributed by atoms with Crippen molar-refractivity contribution in [3.8, 4) is 0 Å². The smallest absolute Gasteiger partial charge is 0.247 e. The average Bonchev–Trinajstić information content (AvgIpc) is 2.91. The van der Waals surface area contributed by atoms with E-state index in [1.54, 1.807) is 20.1 Å². The zero-order valence-electron chi connectivity index (χ0n) is 13.0. The number of carbonyl (C=O) groups excluding carboxylic acids is 1. The van der Waals surface area contributed by atoms with Gasteiger partial charge in [0.2, 0.25) is 5.91 Å². The maximum atomic E-state index is 12.6. The lowest BCUT2D eigenvalue weighted by atomic mass is 10.1. The Morgan fingerprint density at radius 1 is 1.36 bits per heavy atom. The SMILES string of the molecule is COC[C@@H](C)N[C@@H](C(=O)Nc1cc(C)on1)c1ccccc1. The van der Waals surface area contributed by atoms with Gasteiger partial charge >= 0.3 is 0 Å². The Morgan fingerprint density at radius 3 is 2.68 bits per heavy atom. The lowest BCUT2D eigenvalue weighted by molar-refractivity contribution is -0.118. The molecule has 0 aliphatic carbocycles. The van der Waals surface area contributed by atoms with Gasteiger partial charge in [0.05, 0.1) is 6.61 Å². The fourth-order valence-corrected chi connectivity index (χ4v) is 2.18. The summed E-state index contributed by atoms with van der Waals surface area (Å²) < 4.78 is 10.1. The zero-order valence-corrected chi connectivity index (χ0v) is 13.0. The van der Waals surface area contributed by atoms with Crippen LogP contribution in [0.4, 0.5) is 5.82 Å². The molecule has 6 nitrogen and oxygen atoms in total. The highest BCUT2D eigenvalue weighted by Gasteiger charge is 2.23. The quantitative estimate of drug-likeness (QED) is 0.820. The number of anilines is 1. The summed E-state index contributed by atoms with van der Waals surface area (Å²) in [5, 5.41) is 9.82. The Labute approximate surface area is 129 Å². The molecule has 1 amide bonds. The molecule has 2 atom stereocenters. The third-order valence-corrected chi connectivity index (χ3v) is 3.14. The fraction of sp³-hybridized carbons (Fsp3) is 0.375. The van der Waals surface area contributed by atoms with Gasteiger partial charge in [-0.05, 0) is 19.4 Å². The van der Waals surface area contributed by atoms with Crippen LogP contribution in [0.25, 0.3) is 0 Å². The van der Waals surface area contributed by atoms with E-state index in [0.29, 0.717) is 18.2 Å². The van der Waals surface area contributed by atoms with Crippen LogP contribution in [-0.4, -0.2) is 30.8 Å². The Bertz CT molecular complexity index is 598. The van der Waals surface area contributed by atoms with Crippen molar-refractivity contribution in [2.45, 2.75) is 25.9 Å². The summed E-state index contributed by atoms with van der Waals surface area (Å²) >= 11 is 0. The molecule has 1 aromatic heterocycles. The van der Waals surface area contributed by atoms with E-state index in [-0.39, 0.29) is 11.9 Å². The minimum Gasteiger partial charge on any atom is -0.383 e. The molecule has 0 aliphatic rings. The molecule has 1 aromatic carbocycles. The Kier molecular flexibility index (Phi) is 5.68. The lowest BCUT2D eigenvalue weighted by Crippen LogP contribution is -2.40. The van der Waals surface area contributed by atoms with Crippen LogP contribution in [0.15, 0.2) is 40.9 Å². The molecule has 0 radical (unpaired) electrons. The topological polar surface area (TPSA) is 76.4 Å². The van der Waals surface area contributed by atoms with Crippen molar-refractivity contribution in [1.29, 1.82) is 0 Å². The number of aromatic nitrogens is 1. The number of amides is 1. The normalized spacial score (nSPS) is 13.6. The first-order chi connectivity index (χ1) is 10.6. The van der Waals surface area contributed by atoms with Gasteiger partial charge in [0.1, 0.15) is 11.8 Å². The molecular weight excluding hydrogens is 282 g/mol. The van der Waals surface area contributed by atoms with E-state index in [1.165, 1.54) is 0 Å². The van der Waals surface area contributed by atoms with E-state index in [2.05, 4.69) is 15.8 Å². The van der Waals surface area contributed by atoms with Gasteiger partial charge in [-0.25, -0.2) is 0 Å². The maximum absolute atomic E-state index is 12.6. The highest BCUT2D eigenvalue weighted by atomic mass is 16.5. The molecule has 2 rings (SSSR count).